The maximum Gasteiger partial charge on any atom is 0.235 e. The minimum atomic E-state index is -3.38. The first-order valence-electron chi connectivity index (χ1n) is 7.57. The Balaban J connectivity index is 2.45. The first-order chi connectivity index (χ1) is 10.7. The van der Waals surface area contributed by atoms with Gasteiger partial charge in [0.1, 0.15) is 5.75 Å². The highest BCUT2D eigenvalue weighted by Crippen LogP contribution is 2.11. The average Bonchev–Trinajstić information content (AvgIpc) is 2.46. The molecule has 0 aliphatic carbocycles. The van der Waals surface area contributed by atoms with Crippen molar-refractivity contribution in [2.45, 2.75) is 20.3 Å². The van der Waals surface area contributed by atoms with E-state index < -0.39 is 10.0 Å². The van der Waals surface area contributed by atoms with Crippen LogP contribution < -0.4 is 10.1 Å². The molecule has 1 N–H and O–H groups in total. The number of amides is 1. The summed E-state index contributed by atoms with van der Waals surface area (Å²) in [5.74, 6) is 0.664. The second kappa shape index (κ2) is 8.88. The van der Waals surface area contributed by atoms with Crippen molar-refractivity contribution in [1.29, 1.82) is 0 Å². The Bertz CT molecular complexity index is 597. The lowest BCUT2D eigenvalue weighted by molar-refractivity contribution is -0.121. The highest BCUT2D eigenvalue weighted by molar-refractivity contribution is 7.88. The zero-order valence-corrected chi connectivity index (χ0v) is 15.0. The summed E-state index contributed by atoms with van der Waals surface area (Å²) in [6.45, 7) is 4.49. The third-order valence-corrected chi connectivity index (χ3v) is 4.47. The predicted octanol–water partition coefficient (Wildman–Crippen LogP) is 1.27. The summed E-state index contributed by atoms with van der Waals surface area (Å²) in [6.07, 6.45) is 1.80. The molecule has 1 aromatic rings. The van der Waals surface area contributed by atoms with Crippen LogP contribution in [0.25, 0.3) is 0 Å². The normalized spacial score (nSPS) is 11.7. The van der Waals surface area contributed by atoms with E-state index in [1.807, 2.05) is 38.1 Å². The molecule has 0 unspecified atom stereocenters. The van der Waals surface area contributed by atoms with Crippen LogP contribution in [-0.4, -0.2) is 51.6 Å². The average molecular weight is 342 g/mol. The summed E-state index contributed by atoms with van der Waals surface area (Å²) in [5, 5.41) is 2.76. The number of rotatable bonds is 9. The van der Waals surface area contributed by atoms with Crippen LogP contribution in [0.2, 0.25) is 0 Å². The van der Waals surface area contributed by atoms with Crippen molar-refractivity contribution < 1.29 is 17.9 Å². The number of hydrogen-bond acceptors (Lipinski definition) is 4. The summed E-state index contributed by atoms with van der Waals surface area (Å²) in [5.41, 5.74) is 1.08. The van der Waals surface area contributed by atoms with Crippen molar-refractivity contribution in [1.82, 2.24) is 9.62 Å². The molecule has 1 aromatic carbocycles. The molecule has 0 atom stereocenters. The van der Waals surface area contributed by atoms with Crippen molar-refractivity contribution >= 4 is 15.9 Å². The van der Waals surface area contributed by atoms with Gasteiger partial charge >= 0.3 is 0 Å². The zero-order chi connectivity index (χ0) is 17.5. The molecule has 6 nitrogen and oxygen atoms in total. The molecule has 23 heavy (non-hydrogen) atoms. The summed E-state index contributed by atoms with van der Waals surface area (Å²) in [4.78, 5) is 11.9. The topological polar surface area (TPSA) is 75.7 Å². The van der Waals surface area contributed by atoms with Crippen LogP contribution in [0.1, 0.15) is 19.4 Å². The minimum Gasteiger partial charge on any atom is -0.497 e. The number of benzene rings is 1. The van der Waals surface area contributed by atoms with Gasteiger partial charge in [0.05, 0.1) is 19.9 Å². The molecule has 0 saturated heterocycles. The second-order valence-corrected chi connectivity index (χ2v) is 7.88. The second-order valence-electron chi connectivity index (χ2n) is 5.90. The molecular formula is C16H26N2O4S. The number of carbonyl (C=O) groups excluding carboxylic acids is 1. The molecule has 0 aliphatic rings. The molecule has 0 saturated carbocycles. The fourth-order valence-electron chi connectivity index (χ4n) is 2.08. The van der Waals surface area contributed by atoms with Gasteiger partial charge in [0.15, 0.2) is 0 Å². The molecule has 0 spiro atoms. The Hall–Kier alpha value is -1.60. The molecule has 0 heterocycles. The number of methoxy groups -OCH3 is 1. The van der Waals surface area contributed by atoms with Gasteiger partial charge in [-0.1, -0.05) is 26.0 Å². The Labute approximate surface area is 138 Å². The summed E-state index contributed by atoms with van der Waals surface area (Å²) in [7, 11) is -1.77. The molecule has 1 rings (SSSR count). The summed E-state index contributed by atoms with van der Waals surface area (Å²) >= 11 is 0. The predicted molar refractivity (Wildman–Crippen MR) is 91.0 cm³/mol. The SMILES string of the molecule is COc1ccc(CCNC(=O)CN(CC(C)C)S(C)(=O)=O)cc1. The summed E-state index contributed by atoms with van der Waals surface area (Å²) < 4.78 is 29.7. The number of ether oxygens (including phenoxy) is 1. The van der Waals surface area contributed by atoms with Gasteiger partial charge in [-0.05, 0) is 30.0 Å². The first-order valence-corrected chi connectivity index (χ1v) is 9.42. The van der Waals surface area contributed by atoms with Crippen LogP contribution in [0.4, 0.5) is 0 Å². The molecule has 0 bridgehead atoms. The van der Waals surface area contributed by atoms with Crippen LogP contribution in [0.3, 0.4) is 0 Å². The van der Waals surface area contributed by atoms with Gasteiger partial charge in [-0.3, -0.25) is 4.79 Å². The maximum atomic E-state index is 11.9. The Kier molecular flexibility index (Phi) is 7.51. The van der Waals surface area contributed by atoms with Crippen LogP contribution in [0.15, 0.2) is 24.3 Å². The lowest BCUT2D eigenvalue weighted by atomic mass is 10.1. The molecule has 0 radical (unpaired) electrons. The highest BCUT2D eigenvalue weighted by atomic mass is 32.2. The highest BCUT2D eigenvalue weighted by Gasteiger charge is 2.20. The number of nitrogens with zero attached hydrogens (tertiary/aromatic N) is 1. The van der Waals surface area contributed by atoms with Crippen molar-refractivity contribution in [2.75, 3.05) is 33.0 Å². The lowest BCUT2D eigenvalue weighted by Gasteiger charge is -2.21. The third-order valence-electron chi connectivity index (χ3n) is 3.25. The maximum absolute atomic E-state index is 11.9. The largest absolute Gasteiger partial charge is 0.497 e. The van der Waals surface area contributed by atoms with Crippen LogP contribution >= 0.6 is 0 Å². The third kappa shape index (κ3) is 7.47. The minimum absolute atomic E-state index is 0.139. The lowest BCUT2D eigenvalue weighted by Crippen LogP contribution is -2.42. The van der Waals surface area contributed by atoms with Crippen molar-refractivity contribution in [3.63, 3.8) is 0 Å². The molecule has 0 fully saturated rings. The van der Waals surface area contributed by atoms with E-state index in [0.717, 1.165) is 17.6 Å². The van der Waals surface area contributed by atoms with E-state index in [-0.39, 0.29) is 18.4 Å². The van der Waals surface area contributed by atoms with E-state index in [4.69, 9.17) is 4.74 Å². The molecular weight excluding hydrogens is 316 g/mol. The first kappa shape index (κ1) is 19.4. The Morgan fingerprint density at radius 2 is 1.87 bits per heavy atom. The molecule has 7 heteroatoms. The van der Waals surface area contributed by atoms with E-state index in [2.05, 4.69) is 5.32 Å². The van der Waals surface area contributed by atoms with Crippen LogP contribution in [0, 0.1) is 5.92 Å². The number of nitrogens with one attached hydrogen (secondary N) is 1. The number of carbonyl (C=O) groups is 1. The van der Waals surface area contributed by atoms with E-state index in [0.29, 0.717) is 19.5 Å². The van der Waals surface area contributed by atoms with Crippen LogP contribution in [0.5, 0.6) is 5.75 Å². The van der Waals surface area contributed by atoms with Crippen molar-refractivity contribution in [2.24, 2.45) is 5.92 Å². The van der Waals surface area contributed by atoms with Gasteiger partial charge in [-0.25, -0.2) is 8.42 Å². The van der Waals surface area contributed by atoms with E-state index in [1.54, 1.807) is 7.11 Å². The monoisotopic (exact) mass is 342 g/mol. The molecule has 0 aliphatic heterocycles. The smallest absolute Gasteiger partial charge is 0.235 e. The van der Waals surface area contributed by atoms with Gasteiger partial charge in [0.2, 0.25) is 15.9 Å². The standard InChI is InChI=1S/C16H26N2O4S/c1-13(2)11-18(23(4,20)21)12-16(19)17-10-9-14-5-7-15(22-3)8-6-14/h5-8,13H,9-12H2,1-4H3,(H,17,19). The number of hydrogen-bond donors (Lipinski definition) is 1. The fraction of sp³-hybridized carbons (Fsp3) is 0.562. The van der Waals surface area contributed by atoms with E-state index in [9.17, 15) is 13.2 Å². The van der Waals surface area contributed by atoms with Gasteiger partial charge < -0.3 is 10.1 Å². The van der Waals surface area contributed by atoms with Gasteiger partial charge in [-0.2, -0.15) is 4.31 Å². The van der Waals surface area contributed by atoms with E-state index in [1.165, 1.54) is 4.31 Å². The summed E-state index contributed by atoms with van der Waals surface area (Å²) in [6, 6.07) is 7.61. The van der Waals surface area contributed by atoms with Crippen molar-refractivity contribution in [3.8, 4) is 5.75 Å². The van der Waals surface area contributed by atoms with Gasteiger partial charge in [-0.15, -0.1) is 0 Å². The van der Waals surface area contributed by atoms with E-state index >= 15 is 0 Å². The molecule has 0 aromatic heterocycles. The van der Waals surface area contributed by atoms with Crippen molar-refractivity contribution in [3.05, 3.63) is 29.8 Å². The molecule has 130 valence electrons. The Morgan fingerprint density at radius 1 is 1.26 bits per heavy atom. The quantitative estimate of drug-likeness (QED) is 0.733. The van der Waals surface area contributed by atoms with Crippen LogP contribution in [-0.2, 0) is 21.2 Å². The fourth-order valence-corrected chi connectivity index (χ4v) is 3.00. The molecule has 1 amide bonds. The number of sulfonamides is 1. The Morgan fingerprint density at radius 3 is 2.35 bits per heavy atom. The van der Waals surface area contributed by atoms with Gasteiger partial charge in [0, 0.05) is 13.1 Å². The zero-order valence-electron chi connectivity index (χ0n) is 14.2. The van der Waals surface area contributed by atoms with Gasteiger partial charge in [0.25, 0.3) is 0 Å².